The minimum absolute atomic E-state index is 0.232. The predicted molar refractivity (Wildman–Crippen MR) is 96.8 cm³/mol. The number of hydrogen-bond donors (Lipinski definition) is 2. The molecule has 0 aliphatic carbocycles. The summed E-state index contributed by atoms with van der Waals surface area (Å²) in [4.78, 5) is 61.2. The van der Waals surface area contributed by atoms with Crippen LogP contribution in [0.2, 0.25) is 0 Å². The van der Waals surface area contributed by atoms with Crippen molar-refractivity contribution in [3.63, 3.8) is 0 Å². The van der Waals surface area contributed by atoms with Crippen molar-refractivity contribution in [2.45, 2.75) is 44.8 Å². The van der Waals surface area contributed by atoms with Gasteiger partial charge in [-0.25, -0.2) is 0 Å². The highest BCUT2D eigenvalue weighted by atomic mass is 16.2. The zero-order valence-corrected chi connectivity index (χ0v) is 15.3. The normalized spacial score (nSPS) is 18.3. The number of amides is 3. The lowest BCUT2D eigenvalue weighted by atomic mass is 10.1. The van der Waals surface area contributed by atoms with Crippen molar-refractivity contribution in [2.75, 3.05) is 6.54 Å². The molecule has 3 atom stereocenters. The molecule has 2 N–H and O–H groups in total. The fourth-order valence-corrected chi connectivity index (χ4v) is 2.95. The van der Waals surface area contributed by atoms with Crippen molar-refractivity contribution >= 4 is 29.8 Å². The third kappa shape index (κ3) is 4.99. The molecule has 8 heteroatoms. The van der Waals surface area contributed by atoms with Crippen LogP contribution in [-0.2, 0) is 19.2 Å². The van der Waals surface area contributed by atoms with Crippen molar-refractivity contribution in [2.24, 2.45) is 0 Å². The number of Topliss-reactive ketones (excluding diaryl/α,β-unsaturated/α-hetero) is 1. The van der Waals surface area contributed by atoms with E-state index >= 15 is 0 Å². The molecule has 8 nitrogen and oxygen atoms in total. The second-order valence-electron chi connectivity index (χ2n) is 6.51. The van der Waals surface area contributed by atoms with Gasteiger partial charge in [0, 0.05) is 12.1 Å². The van der Waals surface area contributed by atoms with Gasteiger partial charge in [0.25, 0.3) is 5.91 Å². The van der Waals surface area contributed by atoms with Crippen LogP contribution < -0.4 is 10.6 Å². The van der Waals surface area contributed by atoms with Crippen LogP contribution in [0.15, 0.2) is 30.3 Å². The molecule has 0 bridgehead atoms. The van der Waals surface area contributed by atoms with E-state index in [2.05, 4.69) is 10.6 Å². The SMILES string of the molecule is C[C@H](NC(=O)C(=O)c1ccccc1)C(=O)N1CCC[C@H]1C(=O)N[C@@H](C)C=O. The Bertz CT molecular complexity index is 734. The van der Waals surface area contributed by atoms with Gasteiger partial charge in [0.1, 0.15) is 18.4 Å². The quantitative estimate of drug-likeness (QED) is 0.399. The first-order valence-electron chi connectivity index (χ1n) is 8.81. The van der Waals surface area contributed by atoms with Gasteiger partial charge in [0.05, 0.1) is 6.04 Å². The summed E-state index contributed by atoms with van der Waals surface area (Å²) in [6.45, 7) is 3.39. The maximum Gasteiger partial charge on any atom is 0.293 e. The van der Waals surface area contributed by atoms with Crippen LogP contribution in [0.5, 0.6) is 0 Å². The number of carbonyl (C=O) groups is 5. The highest BCUT2D eigenvalue weighted by Crippen LogP contribution is 2.18. The average Bonchev–Trinajstić information content (AvgIpc) is 3.17. The highest BCUT2D eigenvalue weighted by Gasteiger charge is 2.37. The molecule has 27 heavy (non-hydrogen) atoms. The smallest absolute Gasteiger partial charge is 0.293 e. The molecule has 1 heterocycles. The van der Waals surface area contributed by atoms with Gasteiger partial charge in [-0.3, -0.25) is 19.2 Å². The average molecular weight is 373 g/mol. The fraction of sp³-hybridized carbons (Fsp3) is 0.421. The molecule has 0 radical (unpaired) electrons. The first kappa shape index (κ1) is 20.3. The molecule has 1 aliphatic rings. The summed E-state index contributed by atoms with van der Waals surface area (Å²) in [5.41, 5.74) is 0.232. The summed E-state index contributed by atoms with van der Waals surface area (Å²) >= 11 is 0. The molecular weight excluding hydrogens is 350 g/mol. The van der Waals surface area contributed by atoms with E-state index in [1.165, 1.54) is 24.0 Å². The molecule has 144 valence electrons. The van der Waals surface area contributed by atoms with E-state index in [-0.39, 0.29) is 5.56 Å². The lowest BCUT2D eigenvalue weighted by molar-refractivity contribution is -0.141. The molecule has 1 aromatic rings. The Morgan fingerprint density at radius 1 is 1.11 bits per heavy atom. The fourth-order valence-electron chi connectivity index (χ4n) is 2.95. The zero-order valence-electron chi connectivity index (χ0n) is 15.3. The topological polar surface area (TPSA) is 113 Å². The maximum atomic E-state index is 12.7. The minimum atomic E-state index is -0.956. The lowest BCUT2D eigenvalue weighted by Crippen LogP contribution is -2.54. The molecule has 0 spiro atoms. The first-order valence-corrected chi connectivity index (χ1v) is 8.81. The van der Waals surface area contributed by atoms with Crippen molar-refractivity contribution in [3.05, 3.63) is 35.9 Å². The monoisotopic (exact) mass is 373 g/mol. The van der Waals surface area contributed by atoms with Gasteiger partial charge in [-0.15, -0.1) is 0 Å². The third-order valence-corrected chi connectivity index (χ3v) is 4.37. The van der Waals surface area contributed by atoms with E-state index in [1.807, 2.05) is 0 Å². The van der Waals surface area contributed by atoms with Crippen LogP contribution >= 0.6 is 0 Å². The van der Waals surface area contributed by atoms with Gasteiger partial charge in [0.15, 0.2) is 0 Å². The predicted octanol–water partition coefficient (Wildman–Crippen LogP) is 0.0686. The van der Waals surface area contributed by atoms with E-state index in [9.17, 15) is 24.0 Å². The van der Waals surface area contributed by atoms with E-state index in [4.69, 9.17) is 0 Å². The summed E-state index contributed by atoms with van der Waals surface area (Å²) in [6.07, 6.45) is 1.73. The van der Waals surface area contributed by atoms with Gasteiger partial charge >= 0.3 is 0 Å². The Hall–Kier alpha value is -3.03. The van der Waals surface area contributed by atoms with Crippen LogP contribution in [0, 0.1) is 0 Å². The molecule has 0 aromatic heterocycles. The molecule has 0 unspecified atom stereocenters. The van der Waals surface area contributed by atoms with Crippen molar-refractivity contribution in [1.82, 2.24) is 15.5 Å². The molecule has 1 fully saturated rings. The molecular formula is C19H23N3O5. The van der Waals surface area contributed by atoms with Gasteiger partial charge in [-0.05, 0) is 26.7 Å². The summed E-state index contributed by atoms with van der Waals surface area (Å²) in [5.74, 6) is -2.46. The second kappa shape index (κ2) is 9.07. The molecule has 2 rings (SSSR count). The number of likely N-dealkylation sites (tertiary alicyclic amines) is 1. The van der Waals surface area contributed by atoms with Gasteiger partial charge < -0.3 is 20.3 Å². The van der Waals surface area contributed by atoms with Crippen molar-refractivity contribution in [3.8, 4) is 0 Å². The molecule has 3 amide bonds. The van der Waals surface area contributed by atoms with E-state index in [0.717, 1.165) is 0 Å². The number of benzene rings is 1. The van der Waals surface area contributed by atoms with Gasteiger partial charge in [0.2, 0.25) is 17.6 Å². The molecule has 1 saturated heterocycles. The van der Waals surface area contributed by atoms with Crippen LogP contribution in [0.25, 0.3) is 0 Å². The first-order chi connectivity index (χ1) is 12.8. The highest BCUT2D eigenvalue weighted by molar-refractivity contribution is 6.43. The number of hydrogen-bond acceptors (Lipinski definition) is 5. The number of nitrogens with one attached hydrogen (secondary N) is 2. The Morgan fingerprint density at radius 3 is 2.41 bits per heavy atom. The number of aldehydes is 1. The number of ketones is 1. The van der Waals surface area contributed by atoms with Crippen molar-refractivity contribution in [1.29, 1.82) is 0 Å². The number of nitrogens with zero attached hydrogens (tertiary/aromatic N) is 1. The Balaban J connectivity index is 1.99. The lowest BCUT2D eigenvalue weighted by Gasteiger charge is -2.27. The largest absolute Gasteiger partial charge is 0.345 e. The van der Waals surface area contributed by atoms with E-state index in [1.54, 1.807) is 25.1 Å². The number of rotatable bonds is 7. The van der Waals surface area contributed by atoms with Crippen LogP contribution in [0.1, 0.15) is 37.0 Å². The molecule has 1 aliphatic heterocycles. The summed E-state index contributed by atoms with van der Waals surface area (Å²) in [5, 5.41) is 4.93. The summed E-state index contributed by atoms with van der Waals surface area (Å²) in [6, 6.07) is 5.76. The minimum Gasteiger partial charge on any atom is -0.345 e. The number of carbonyl (C=O) groups excluding carboxylic acids is 5. The Labute approximate surface area is 157 Å². The summed E-state index contributed by atoms with van der Waals surface area (Å²) < 4.78 is 0. The van der Waals surface area contributed by atoms with Crippen LogP contribution in [0.4, 0.5) is 0 Å². The third-order valence-electron chi connectivity index (χ3n) is 4.37. The van der Waals surface area contributed by atoms with Gasteiger partial charge in [-0.1, -0.05) is 30.3 Å². The van der Waals surface area contributed by atoms with E-state index < -0.39 is 41.6 Å². The summed E-state index contributed by atoms with van der Waals surface area (Å²) in [7, 11) is 0. The second-order valence-corrected chi connectivity index (χ2v) is 6.51. The van der Waals surface area contributed by atoms with Crippen molar-refractivity contribution < 1.29 is 24.0 Å². The molecule has 1 aromatic carbocycles. The maximum absolute atomic E-state index is 12.7. The van der Waals surface area contributed by atoms with E-state index in [0.29, 0.717) is 25.7 Å². The van der Waals surface area contributed by atoms with Crippen LogP contribution in [0.3, 0.4) is 0 Å². The molecule has 0 saturated carbocycles. The Morgan fingerprint density at radius 2 is 1.78 bits per heavy atom. The standard InChI is InChI=1S/C19H23N3O5/c1-12(11-23)20-17(25)15-9-6-10-22(15)19(27)13(2)21-18(26)16(24)14-7-4-3-5-8-14/h3-5,7-8,11-13,15H,6,9-10H2,1-2H3,(H,20,25)(H,21,26)/t12-,13-,15-/m0/s1. The Kier molecular flexibility index (Phi) is 6.81. The van der Waals surface area contributed by atoms with Gasteiger partial charge in [-0.2, -0.15) is 0 Å². The zero-order chi connectivity index (χ0) is 20.0. The van der Waals surface area contributed by atoms with Crippen LogP contribution in [-0.4, -0.2) is 59.4 Å².